The van der Waals surface area contributed by atoms with Crippen molar-refractivity contribution in [3.05, 3.63) is 30.1 Å². The number of nitrogens with one attached hydrogen (secondary N) is 1. The van der Waals surface area contributed by atoms with Crippen LogP contribution >= 0.6 is 0 Å². The summed E-state index contributed by atoms with van der Waals surface area (Å²) in [5.41, 5.74) is -0.133. The number of nitrogens with zero attached hydrogens (tertiary/aromatic N) is 3. The molecule has 18 heavy (non-hydrogen) atoms. The van der Waals surface area contributed by atoms with E-state index >= 15 is 0 Å². The quantitative estimate of drug-likeness (QED) is 0.641. The van der Waals surface area contributed by atoms with Gasteiger partial charge in [0.1, 0.15) is 5.54 Å². The number of carbonyl (C=O) groups is 2. The van der Waals surface area contributed by atoms with Gasteiger partial charge < -0.3 is 5.32 Å². The van der Waals surface area contributed by atoms with Crippen molar-refractivity contribution in [3.8, 4) is 0 Å². The van der Waals surface area contributed by atoms with Gasteiger partial charge in [0, 0.05) is 18.0 Å². The SMILES string of the molecule is CCC1(C)NC(=O)N(/N=C/c2cccnc2)C1=O. The number of carbonyl (C=O) groups excluding carboxylic acids is 2. The summed E-state index contributed by atoms with van der Waals surface area (Å²) in [6.45, 7) is 3.53. The van der Waals surface area contributed by atoms with Crippen LogP contribution in [0, 0.1) is 0 Å². The molecule has 1 aromatic rings. The van der Waals surface area contributed by atoms with Gasteiger partial charge in [0.2, 0.25) is 0 Å². The second-order valence-corrected chi connectivity index (χ2v) is 4.26. The van der Waals surface area contributed by atoms with Crippen LogP contribution in [0.15, 0.2) is 29.6 Å². The van der Waals surface area contributed by atoms with Gasteiger partial charge in [-0.25, -0.2) is 4.79 Å². The number of hydrogen-bond acceptors (Lipinski definition) is 4. The topological polar surface area (TPSA) is 74.7 Å². The predicted octanol–water partition coefficient (Wildman–Crippen LogP) is 1.14. The Kier molecular flexibility index (Phi) is 3.10. The zero-order valence-electron chi connectivity index (χ0n) is 10.3. The summed E-state index contributed by atoms with van der Waals surface area (Å²) < 4.78 is 0. The Bertz CT molecular complexity index is 500. The molecule has 1 N–H and O–H groups in total. The van der Waals surface area contributed by atoms with Crippen molar-refractivity contribution in [3.63, 3.8) is 0 Å². The Morgan fingerprint density at radius 3 is 2.89 bits per heavy atom. The predicted molar refractivity (Wildman–Crippen MR) is 65.9 cm³/mol. The maximum atomic E-state index is 12.0. The van der Waals surface area contributed by atoms with E-state index in [9.17, 15) is 9.59 Å². The molecule has 6 nitrogen and oxygen atoms in total. The Morgan fingerprint density at radius 2 is 2.33 bits per heavy atom. The fourth-order valence-electron chi connectivity index (χ4n) is 1.59. The number of hydrazone groups is 1. The summed E-state index contributed by atoms with van der Waals surface area (Å²) in [4.78, 5) is 27.6. The second-order valence-electron chi connectivity index (χ2n) is 4.26. The molecule has 6 heteroatoms. The van der Waals surface area contributed by atoms with Crippen LogP contribution in [0.2, 0.25) is 0 Å². The number of amides is 3. The highest BCUT2D eigenvalue weighted by molar-refractivity contribution is 6.07. The average molecular weight is 246 g/mol. The zero-order chi connectivity index (χ0) is 13.2. The lowest BCUT2D eigenvalue weighted by atomic mass is 10.00. The number of urea groups is 1. The standard InChI is InChI=1S/C12H14N4O2/c1-3-12(2)10(17)16(11(18)15-12)14-8-9-5-4-6-13-7-9/h4-8H,3H2,1-2H3,(H,15,18)/b14-8+. The van der Waals surface area contributed by atoms with Crippen LogP contribution < -0.4 is 5.32 Å². The Hall–Kier alpha value is -2.24. The van der Waals surface area contributed by atoms with E-state index in [1.165, 1.54) is 6.21 Å². The Morgan fingerprint density at radius 1 is 1.56 bits per heavy atom. The molecule has 1 unspecified atom stereocenters. The van der Waals surface area contributed by atoms with Crippen LogP contribution in [0.3, 0.4) is 0 Å². The fraction of sp³-hybridized carbons (Fsp3) is 0.333. The van der Waals surface area contributed by atoms with E-state index in [4.69, 9.17) is 0 Å². The van der Waals surface area contributed by atoms with Gasteiger partial charge in [0.05, 0.1) is 6.21 Å². The molecule has 1 saturated heterocycles. The minimum absolute atomic E-state index is 0.338. The molecule has 0 aromatic carbocycles. The monoisotopic (exact) mass is 246 g/mol. The molecule has 1 fully saturated rings. The van der Waals surface area contributed by atoms with Crippen LogP contribution in [0.5, 0.6) is 0 Å². The lowest BCUT2D eigenvalue weighted by Crippen LogP contribution is -2.42. The number of hydrogen-bond donors (Lipinski definition) is 1. The zero-order valence-corrected chi connectivity index (χ0v) is 10.3. The molecule has 2 heterocycles. The molecule has 3 amide bonds. The van der Waals surface area contributed by atoms with Crippen molar-refractivity contribution in [2.24, 2.45) is 5.10 Å². The first-order chi connectivity index (χ1) is 8.57. The van der Waals surface area contributed by atoms with E-state index in [1.807, 2.05) is 6.92 Å². The van der Waals surface area contributed by atoms with E-state index in [0.29, 0.717) is 6.42 Å². The maximum Gasteiger partial charge on any atom is 0.346 e. The van der Waals surface area contributed by atoms with E-state index in [2.05, 4.69) is 15.4 Å². The molecular weight excluding hydrogens is 232 g/mol. The molecule has 0 bridgehead atoms. The summed E-state index contributed by atoms with van der Waals surface area (Å²) in [6.07, 6.45) is 5.20. The molecular formula is C12H14N4O2. The van der Waals surface area contributed by atoms with E-state index in [0.717, 1.165) is 10.6 Å². The summed E-state index contributed by atoms with van der Waals surface area (Å²) in [7, 11) is 0. The number of pyridine rings is 1. The van der Waals surface area contributed by atoms with Crippen molar-refractivity contribution in [2.75, 3.05) is 0 Å². The third kappa shape index (κ3) is 2.09. The molecule has 1 aliphatic heterocycles. The fourth-order valence-corrected chi connectivity index (χ4v) is 1.59. The van der Waals surface area contributed by atoms with Crippen LogP contribution in [-0.4, -0.2) is 33.7 Å². The van der Waals surface area contributed by atoms with Crippen molar-refractivity contribution >= 4 is 18.2 Å². The molecule has 0 aliphatic carbocycles. The van der Waals surface area contributed by atoms with Gasteiger partial charge in [-0.3, -0.25) is 9.78 Å². The average Bonchev–Trinajstić information content (AvgIpc) is 2.60. The molecule has 0 radical (unpaired) electrons. The summed E-state index contributed by atoms with van der Waals surface area (Å²) >= 11 is 0. The molecule has 1 aliphatic rings. The maximum absolute atomic E-state index is 12.0. The first-order valence-corrected chi connectivity index (χ1v) is 5.67. The number of aromatic nitrogens is 1. The summed E-state index contributed by atoms with van der Waals surface area (Å²) in [5, 5.41) is 7.39. The summed E-state index contributed by atoms with van der Waals surface area (Å²) in [6, 6.07) is 3.04. The largest absolute Gasteiger partial charge is 0.346 e. The number of imide groups is 1. The second kappa shape index (κ2) is 4.56. The normalized spacial score (nSPS) is 23.8. The van der Waals surface area contributed by atoms with Gasteiger partial charge in [0.25, 0.3) is 5.91 Å². The Labute approximate surface area is 105 Å². The number of rotatable bonds is 3. The van der Waals surface area contributed by atoms with E-state index in [1.54, 1.807) is 31.5 Å². The minimum atomic E-state index is -0.858. The smallest absolute Gasteiger partial charge is 0.322 e. The first kappa shape index (κ1) is 12.2. The lowest BCUT2D eigenvalue weighted by Gasteiger charge is -2.17. The van der Waals surface area contributed by atoms with Gasteiger partial charge in [-0.15, -0.1) is 5.01 Å². The molecule has 1 atom stereocenters. The van der Waals surface area contributed by atoms with Gasteiger partial charge in [0.15, 0.2) is 0 Å². The van der Waals surface area contributed by atoms with Crippen molar-refractivity contribution in [2.45, 2.75) is 25.8 Å². The van der Waals surface area contributed by atoms with Crippen LogP contribution in [0.25, 0.3) is 0 Å². The van der Waals surface area contributed by atoms with Crippen molar-refractivity contribution in [1.29, 1.82) is 0 Å². The third-order valence-corrected chi connectivity index (χ3v) is 2.95. The van der Waals surface area contributed by atoms with Crippen molar-refractivity contribution in [1.82, 2.24) is 15.3 Å². The summed E-state index contributed by atoms with van der Waals surface area (Å²) in [5.74, 6) is -0.338. The lowest BCUT2D eigenvalue weighted by molar-refractivity contribution is -0.130. The minimum Gasteiger partial charge on any atom is -0.322 e. The van der Waals surface area contributed by atoms with E-state index in [-0.39, 0.29) is 5.91 Å². The molecule has 0 saturated carbocycles. The third-order valence-electron chi connectivity index (χ3n) is 2.95. The van der Waals surface area contributed by atoms with Crippen molar-refractivity contribution < 1.29 is 9.59 Å². The highest BCUT2D eigenvalue weighted by atomic mass is 16.2. The van der Waals surface area contributed by atoms with Gasteiger partial charge in [-0.1, -0.05) is 13.0 Å². The highest BCUT2D eigenvalue weighted by Gasteiger charge is 2.46. The van der Waals surface area contributed by atoms with Crippen LogP contribution in [-0.2, 0) is 4.79 Å². The van der Waals surface area contributed by atoms with Gasteiger partial charge in [-0.2, -0.15) is 5.10 Å². The first-order valence-electron chi connectivity index (χ1n) is 5.67. The Balaban J connectivity index is 2.18. The molecule has 2 rings (SSSR count). The van der Waals surface area contributed by atoms with Gasteiger partial charge >= 0.3 is 6.03 Å². The molecule has 0 spiro atoms. The highest BCUT2D eigenvalue weighted by Crippen LogP contribution is 2.20. The van der Waals surface area contributed by atoms with Crippen LogP contribution in [0.1, 0.15) is 25.8 Å². The molecule has 1 aromatic heterocycles. The molecule has 94 valence electrons. The van der Waals surface area contributed by atoms with Crippen LogP contribution in [0.4, 0.5) is 4.79 Å². The van der Waals surface area contributed by atoms with Gasteiger partial charge in [-0.05, 0) is 19.4 Å². The van der Waals surface area contributed by atoms with E-state index < -0.39 is 11.6 Å².